The first-order valence-corrected chi connectivity index (χ1v) is 7.22. The number of fused-ring (bicyclic) bond motifs is 2. The van der Waals surface area contributed by atoms with Gasteiger partial charge in [-0.3, -0.25) is 9.59 Å². The summed E-state index contributed by atoms with van der Waals surface area (Å²) < 4.78 is 5.67. The van der Waals surface area contributed by atoms with E-state index in [-0.39, 0.29) is 16.9 Å². The summed E-state index contributed by atoms with van der Waals surface area (Å²) in [4.78, 5) is 25.1. The van der Waals surface area contributed by atoms with Crippen LogP contribution in [0.1, 0.15) is 33.3 Å². The summed E-state index contributed by atoms with van der Waals surface area (Å²) in [5.41, 5.74) is 2.18. The fourth-order valence-electron chi connectivity index (χ4n) is 2.94. The molecule has 23 heavy (non-hydrogen) atoms. The van der Waals surface area contributed by atoms with Crippen LogP contribution in [0.15, 0.2) is 51.7 Å². The summed E-state index contributed by atoms with van der Waals surface area (Å²) in [6.45, 7) is 1.90. The monoisotopic (exact) mass is 307 g/mol. The van der Waals surface area contributed by atoms with Crippen molar-refractivity contribution in [1.29, 1.82) is 0 Å². The van der Waals surface area contributed by atoms with Crippen LogP contribution in [0, 0.1) is 6.92 Å². The SMILES string of the molecule is Cc1ccc2oc3c(c(=O)c2c1)C(c1ccc(O)cc1)NC3=O. The van der Waals surface area contributed by atoms with E-state index >= 15 is 0 Å². The average Bonchev–Trinajstić information content (AvgIpc) is 2.86. The Bertz CT molecular complexity index is 1000. The third-order valence-corrected chi connectivity index (χ3v) is 4.08. The molecule has 4 rings (SSSR count). The minimum Gasteiger partial charge on any atom is -0.508 e. The summed E-state index contributed by atoms with van der Waals surface area (Å²) in [5.74, 6) is -0.221. The molecule has 0 fully saturated rings. The zero-order valence-corrected chi connectivity index (χ0v) is 12.3. The number of carbonyl (C=O) groups is 1. The van der Waals surface area contributed by atoms with E-state index in [1.807, 2.05) is 13.0 Å². The van der Waals surface area contributed by atoms with E-state index in [0.717, 1.165) is 5.56 Å². The molecule has 114 valence electrons. The van der Waals surface area contributed by atoms with Gasteiger partial charge < -0.3 is 14.8 Å². The molecule has 2 heterocycles. The van der Waals surface area contributed by atoms with Crippen molar-refractivity contribution >= 4 is 16.9 Å². The lowest BCUT2D eigenvalue weighted by atomic mass is 9.99. The number of aromatic hydroxyl groups is 1. The van der Waals surface area contributed by atoms with Gasteiger partial charge in [-0.05, 0) is 36.8 Å². The van der Waals surface area contributed by atoms with Gasteiger partial charge in [0.25, 0.3) is 5.91 Å². The second-order valence-electron chi connectivity index (χ2n) is 5.67. The van der Waals surface area contributed by atoms with Crippen molar-refractivity contribution in [2.75, 3.05) is 0 Å². The first kappa shape index (κ1) is 13.6. The topological polar surface area (TPSA) is 79.5 Å². The molecule has 0 spiro atoms. The molecule has 0 saturated heterocycles. The number of aryl methyl sites for hydroxylation is 1. The first-order chi connectivity index (χ1) is 11.0. The molecule has 0 aliphatic carbocycles. The highest BCUT2D eigenvalue weighted by Crippen LogP contribution is 2.31. The predicted molar refractivity (Wildman–Crippen MR) is 84.6 cm³/mol. The molecule has 1 aliphatic heterocycles. The summed E-state index contributed by atoms with van der Waals surface area (Å²) >= 11 is 0. The van der Waals surface area contributed by atoms with E-state index in [4.69, 9.17) is 4.42 Å². The third kappa shape index (κ3) is 2.01. The lowest BCUT2D eigenvalue weighted by Crippen LogP contribution is -2.21. The minimum absolute atomic E-state index is 0.0597. The largest absolute Gasteiger partial charge is 0.508 e. The Morgan fingerprint density at radius 2 is 1.83 bits per heavy atom. The van der Waals surface area contributed by atoms with Crippen molar-refractivity contribution in [1.82, 2.24) is 5.32 Å². The van der Waals surface area contributed by atoms with E-state index < -0.39 is 11.9 Å². The van der Waals surface area contributed by atoms with Gasteiger partial charge in [-0.2, -0.15) is 0 Å². The quantitative estimate of drug-likeness (QED) is 0.724. The number of phenols is 1. The van der Waals surface area contributed by atoms with Gasteiger partial charge >= 0.3 is 0 Å². The number of hydrogen-bond donors (Lipinski definition) is 2. The number of rotatable bonds is 1. The molecule has 1 aliphatic rings. The highest BCUT2D eigenvalue weighted by Gasteiger charge is 2.35. The number of amides is 1. The molecular formula is C18H13NO4. The van der Waals surface area contributed by atoms with Gasteiger partial charge in [-0.15, -0.1) is 0 Å². The fourth-order valence-corrected chi connectivity index (χ4v) is 2.94. The van der Waals surface area contributed by atoms with Gasteiger partial charge in [0.1, 0.15) is 11.3 Å². The van der Waals surface area contributed by atoms with Crippen molar-refractivity contribution in [2.45, 2.75) is 13.0 Å². The maximum absolute atomic E-state index is 12.9. The maximum Gasteiger partial charge on any atom is 0.288 e. The summed E-state index contributed by atoms with van der Waals surface area (Å²) in [6.07, 6.45) is 0. The van der Waals surface area contributed by atoms with E-state index in [1.54, 1.807) is 24.3 Å². The molecule has 2 aromatic carbocycles. The van der Waals surface area contributed by atoms with Crippen LogP contribution >= 0.6 is 0 Å². The van der Waals surface area contributed by atoms with Crippen molar-refractivity contribution in [3.8, 4) is 5.75 Å². The predicted octanol–water partition coefficient (Wildman–Crippen LogP) is 2.64. The minimum atomic E-state index is -0.570. The lowest BCUT2D eigenvalue weighted by Gasteiger charge is -2.11. The molecule has 0 bridgehead atoms. The molecule has 0 saturated carbocycles. The number of carbonyl (C=O) groups excluding carboxylic acids is 1. The molecule has 5 nitrogen and oxygen atoms in total. The van der Waals surface area contributed by atoms with Crippen LogP contribution in [0.2, 0.25) is 0 Å². The zero-order valence-electron chi connectivity index (χ0n) is 12.3. The Morgan fingerprint density at radius 1 is 1.09 bits per heavy atom. The van der Waals surface area contributed by atoms with E-state index in [1.165, 1.54) is 12.1 Å². The molecule has 5 heteroatoms. The van der Waals surface area contributed by atoms with Crippen molar-refractivity contribution in [3.05, 3.63) is 75.1 Å². The van der Waals surface area contributed by atoms with Crippen LogP contribution in [-0.4, -0.2) is 11.0 Å². The number of benzene rings is 2. The highest BCUT2D eigenvalue weighted by atomic mass is 16.3. The van der Waals surface area contributed by atoms with Crippen LogP contribution in [0.3, 0.4) is 0 Å². The molecule has 3 aromatic rings. The van der Waals surface area contributed by atoms with Crippen LogP contribution in [0.4, 0.5) is 0 Å². The van der Waals surface area contributed by atoms with Crippen LogP contribution in [0.5, 0.6) is 5.75 Å². The number of phenolic OH excluding ortho intramolecular Hbond substituents is 1. The van der Waals surface area contributed by atoms with Crippen LogP contribution in [0.25, 0.3) is 11.0 Å². The number of hydrogen-bond acceptors (Lipinski definition) is 4. The highest BCUT2D eigenvalue weighted by molar-refractivity contribution is 5.99. The van der Waals surface area contributed by atoms with Crippen LogP contribution in [-0.2, 0) is 0 Å². The molecule has 1 amide bonds. The molecule has 1 atom stereocenters. The second-order valence-corrected chi connectivity index (χ2v) is 5.67. The molecule has 1 aromatic heterocycles. The summed E-state index contributed by atoms with van der Waals surface area (Å²) in [5, 5.41) is 12.6. The summed E-state index contributed by atoms with van der Waals surface area (Å²) in [7, 11) is 0. The van der Waals surface area contributed by atoms with Gasteiger partial charge in [0.2, 0.25) is 5.76 Å². The van der Waals surface area contributed by atoms with Gasteiger partial charge in [-0.25, -0.2) is 0 Å². The Kier molecular flexibility index (Phi) is 2.78. The first-order valence-electron chi connectivity index (χ1n) is 7.22. The van der Waals surface area contributed by atoms with Crippen molar-refractivity contribution in [3.63, 3.8) is 0 Å². The van der Waals surface area contributed by atoms with Crippen molar-refractivity contribution < 1.29 is 14.3 Å². The average molecular weight is 307 g/mol. The van der Waals surface area contributed by atoms with Gasteiger partial charge in [0.05, 0.1) is 17.0 Å². The van der Waals surface area contributed by atoms with E-state index in [0.29, 0.717) is 22.1 Å². The third-order valence-electron chi connectivity index (χ3n) is 4.08. The van der Waals surface area contributed by atoms with Gasteiger partial charge in [-0.1, -0.05) is 23.8 Å². The van der Waals surface area contributed by atoms with E-state index in [2.05, 4.69) is 5.32 Å². The van der Waals surface area contributed by atoms with Gasteiger partial charge in [0, 0.05) is 0 Å². The Balaban J connectivity index is 1.99. The Hall–Kier alpha value is -3.08. The van der Waals surface area contributed by atoms with Crippen molar-refractivity contribution in [2.24, 2.45) is 0 Å². The summed E-state index contributed by atoms with van der Waals surface area (Å²) in [6, 6.07) is 11.1. The molecular weight excluding hydrogens is 294 g/mol. The fraction of sp³-hybridized carbons (Fsp3) is 0.111. The van der Waals surface area contributed by atoms with Crippen LogP contribution < -0.4 is 10.7 Å². The lowest BCUT2D eigenvalue weighted by molar-refractivity contribution is 0.0938. The maximum atomic E-state index is 12.9. The molecule has 1 unspecified atom stereocenters. The van der Waals surface area contributed by atoms with Gasteiger partial charge in [0.15, 0.2) is 5.43 Å². The standard InChI is InChI=1S/C18H13NO4/c1-9-2-7-13-12(8-9)16(21)14-15(19-18(22)17(14)23-13)10-3-5-11(20)6-4-10/h2-8,15,20H,1H3,(H,19,22). The zero-order chi connectivity index (χ0) is 16.1. The second kappa shape index (κ2) is 4.71. The Morgan fingerprint density at radius 3 is 2.57 bits per heavy atom. The normalized spacial score (nSPS) is 16.4. The Labute approximate surface area is 131 Å². The smallest absolute Gasteiger partial charge is 0.288 e. The number of nitrogens with one attached hydrogen (secondary N) is 1. The molecule has 2 N–H and O–H groups in total. The van der Waals surface area contributed by atoms with E-state index in [9.17, 15) is 14.7 Å². The molecule has 0 radical (unpaired) electrons.